The first-order chi connectivity index (χ1) is 7.02. The lowest BCUT2D eigenvalue weighted by atomic mass is 10.2. The fourth-order valence-corrected chi connectivity index (χ4v) is 1.94. The Balaban J connectivity index is 2.81. The van der Waals surface area contributed by atoms with E-state index in [2.05, 4.69) is 22.6 Å². The molecule has 0 saturated carbocycles. The molecule has 1 aromatic rings. The Morgan fingerprint density at radius 1 is 1.53 bits per heavy atom. The van der Waals surface area contributed by atoms with E-state index in [0.717, 1.165) is 3.57 Å². The summed E-state index contributed by atoms with van der Waals surface area (Å²) in [7, 11) is 1.69. The van der Waals surface area contributed by atoms with Crippen LogP contribution in [0.4, 0.5) is 0 Å². The topological polar surface area (TPSA) is 40.5 Å². The molecule has 0 saturated heterocycles. The molecule has 15 heavy (non-hydrogen) atoms. The Hall–Kier alpha value is -0.620. The maximum absolute atomic E-state index is 11.9. The van der Waals surface area contributed by atoms with E-state index in [9.17, 15) is 9.90 Å². The molecule has 0 radical (unpaired) electrons. The number of carbonyl (C=O) groups excluding carboxylic acids is 1. The molecule has 0 spiro atoms. The molecule has 0 bridgehead atoms. The first kappa shape index (κ1) is 12.4. The van der Waals surface area contributed by atoms with Crippen LogP contribution in [0.25, 0.3) is 0 Å². The Morgan fingerprint density at radius 2 is 2.13 bits per heavy atom. The van der Waals surface area contributed by atoms with Gasteiger partial charge in [0.05, 0.1) is 11.7 Å². The van der Waals surface area contributed by atoms with Gasteiger partial charge in [-0.1, -0.05) is 12.1 Å². The van der Waals surface area contributed by atoms with Crippen LogP contribution < -0.4 is 0 Å². The van der Waals surface area contributed by atoms with Gasteiger partial charge in [0.1, 0.15) is 0 Å². The Labute approximate surface area is 103 Å². The largest absolute Gasteiger partial charge is 0.392 e. The number of halogens is 1. The molecule has 0 aliphatic rings. The minimum atomic E-state index is -0.500. The summed E-state index contributed by atoms with van der Waals surface area (Å²) in [6.07, 6.45) is -0.500. The van der Waals surface area contributed by atoms with Crippen molar-refractivity contribution in [3.63, 3.8) is 0 Å². The smallest absolute Gasteiger partial charge is 0.254 e. The van der Waals surface area contributed by atoms with Gasteiger partial charge >= 0.3 is 0 Å². The van der Waals surface area contributed by atoms with Gasteiger partial charge in [-0.3, -0.25) is 4.79 Å². The van der Waals surface area contributed by atoms with Crippen LogP contribution in [0.15, 0.2) is 24.3 Å². The summed E-state index contributed by atoms with van der Waals surface area (Å²) < 4.78 is 0.928. The quantitative estimate of drug-likeness (QED) is 0.862. The van der Waals surface area contributed by atoms with Gasteiger partial charge in [-0.2, -0.15) is 0 Å². The molecular weight excluding hydrogens is 305 g/mol. The number of aliphatic hydroxyl groups excluding tert-OH is 1. The minimum absolute atomic E-state index is 0.0547. The van der Waals surface area contributed by atoms with E-state index >= 15 is 0 Å². The zero-order valence-corrected chi connectivity index (χ0v) is 10.9. The van der Waals surface area contributed by atoms with E-state index in [1.165, 1.54) is 4.90 Å². The lowest BCUT2D eigenvalue weighted by molar-refractivity contribution is 0.0702. The number of rotatable bonds is 3. The highest BCUT2D eigenvalue weighted by atomic mass is 127. The molecule has 1 unspecified atom stereocenters. The SMILES string of the molecule is CC(O)CN(C)C(=O)c1ccccc1I. The van der Waals surface area contributed by atoms with Crippen LogP contribution in [0.2, 0.25) is 0 Å². The van der Waals surface area contributed by atoms with Crippen molar-refractivity contribution in [1.29, 1.82) is 0 Å². The molecule has 1 atom stereocenters. The predicted molar refractivity (Wildman–Crippen MR) is 67.8 cm³/mol. The summed E-state index contributed by atoms with van der Waals surface area (Å²) in [5.41, 5.74) is 0.682. The van der Waals surface area contributed by atoms with Crippen molar-refractivity contribution >= 4 is 28.5 Å². The first-order valence-corrected chi connectivity index (χ1v) is 5.78. The number of likely N-dealkylation sites (N-methyl/N-ethyl adjacent to an activating group) is 1. The lowest BCUT2D eigenvalue weighted by Gasteiger charge is -2.19. The highest BCUT2D eigenvalue weighted by Gasteiger charge is 2.15. The molecule has 1 aromatic carbocycles. The molecule has 1 amide bonds. The maximum atomic E-state index is 11.9. The van der Waals surface area contributed by atoms with Crippen LogP contribution in [0.1, 0.15) is 17.3 Å². The summed E-state index contributed by atoms with van der Waals surface area (Å²) >= 11 is 2.13. The molecule has 0 heterocycles. The second-order valence-electron chi connectivity index (χ2n) is 3.51. The average Bonchev–Trinajstić information content (AvgIpc) is 2.16. The van der Waals surface area contributed by atoms with Crippen molar-refractivity contribution in [3.8, 4) is 0 Å². The van der Waals surface area contributed by atoms with Crippen LogP contribution in [0, 0.1) is 3.57 Å². The number of benzene rings is 1. The van der Waals surface area contributed by atoms with Crippen molar-refractivity contribution in [1.82, 2.24) is 4.90 Å². The number of aliphatic hydroxyl groups is 1. The Kier molecular flexibility index (Phi) is 4.53. The molecule has 1 N–H and O–H groups in total. The standard InChI is InChI=1S/C11H14INO2/c1-8(14)7-13(2)11(15)9-5-3-4-6-10(9)12/h3-6,8,14H,7H2,1-2H3. The summed E-state index contributed by atoms with van der Waals surface area (Å²) in [5.74, 6) is -0.0547. The summed E-state index contributed by atoms with van der Waals surface area (Å²) in [6, 6.07) is 7.42. The molecule has 4 heteroatoms. The molecule has 82 valence electrons. The zero-order chi connectivity index (χ0) is 11.4. The second kappa shape index (κ2) is 5.46. The van der Waals surface area contributed by atoms with E-state index in [0.29, 0.717) is 12.1 Å². The van der Waals surface area contributed by atoms with Crippen LogP contribution >= 0.6 is 22.6 Å². The van der Waals surface area contributed by atoms with Gasteiger partial charge in [0.25, 0.3) is 5.91 Å². The number of nitrogens with zero attached hydrogens (tertiary/aromatic N) is 1. The number of hydrogen-bond acceptors (Lipinski definition) is 2. The minimum Gasteiger partial charge on any atom is -0.392 e. The molecule has 0 aliphatic heterocycles. The van der Waals surface area contributed by atoms with Gasteiger partial charge in [0.15, 0.2) is 0 Å². The Morgan fingerprint density at radius 3 is 2.67 bits per heavy atom. The van der Waals surface area contributed by atoms with Crippen molar-refractivity contribution in [3.05, 3.63) is 33.4 Å². The van der Waals surface area contributed by atoms with Gasteiger partial charge in [-0.15, -0.1) is 0 Å². The van der Waals surface area contributed by atoms with Gasteiger partial charge in [0, 0.05) is 17.2 Å². The monoisotopic (exact) mass is 319 g/mol. The van der Waals surface area contributed by atoms with E-state index in [-0.39, 0.29) is 5.91 Å². The van der Waals surface area contributed by atoms with Crippen molar-refractivity contribution in [2.75, 3.05) is 13.6 Å². The second-order valence-corrected chi connectivity index (χ2v) is 4.68. The molecular formula is C11H14INO2. The van der Waals surface area contributed by atoms with Gasteiger partial charge in [-0.05, 0) is 41.6 Å². The van der Waals surface area contributed by atoms with Crippen LogP contribution in [-0.2, 0) is 0 Å². The molecule has 0 aliphatic carbocycles. The third-order valence-electron chi connectivity index (χ3n) is 1.99. The van der Waals surface area contributed by atoms with Crippen molar-refractivity contribution < 1.29 is 9.90 Å². The molecule has 0 aromatic heterocycles. The van der Waals surface area contributed by atoms with Crippen molar-refractivity contribution in [2.24, 2.45) is 0 Å². The third-order valence-corrected chi connectivity index (χ3v) is 2.93. The molecule has 0 fully saturated rings. The van der Waals surface area contributed by atoms with Crippen LogP contribution in [0.5, 0.6) is 0 Å². The van der Waals surface area contributed by atoms with E-state index in [1.807, 2.05) is 18.2 Å². The van der Waals surface area contributed by atoms with E-state index < -0.39 is 6.10 Å². The van der Waals surface area contributed by atoms with E-state index in [4.69, 9.17) is 0 Å². The van der Waals surface area contributed by atoms with Crippen LogP contribution in [0.3, 0.4) is 0 Å². The van der Waals surface area contributed by atoms with Crippen LogP contribution in [-0.4, -0.2) is 35.6 Å². The lowest BCUT2D eigenvalue weighted by Crippen LogP contribution is -2.33. The number of hydrogen-bond donors (Lipinski definition) is 1. The number of carbonyl (C=O) groups is 1. The highest BCUT2D eigenvalue weighted by Crippen LogP contribution is 2.13. The molecule has 3 nitrogen and oxygen atoms in total. The van der Waals surface area contributed by atoms with Gasteiger partial charge in [0.2, 0.25) is 0 Å². The number of amides is 1. The van der Waals surface area contributed by atoms with Crippen molar-refractivity contribution in [2.45, 2.75) is 13.0 Å². The highest BCUT2D eigenvalue weighted by molar-refractivity contribution is 14.1. The first-order valence-electron chi connectivity index (χ1n) is 4.70. The summed E-state index contributed by atoms with van der Waals surface area (Å²) in [6.45, 7) is 2.02. The summed E-state index contributed by atoms with van der Waals surface area (Å²) in [5, 5.41) is 9.19. The van der Waals surface area contributed by atoms with Gasteiger partial charge in [-0.25, -0.2) is 0 Å². The zero-order valence-electron chi connectivity index (χ0n) is 8.77. The fraction of sp³-hybridized carbons (Fsp3) is 0.364. The maximum Gasteiger partial charge on any atom is 0.254 e. The Bertz CT molecular complexity index is 352. The molecule has 1 rings (SSSR count). The van der Waals surface area contributed by atoms with E-state index in [1.54, 1.807) is 20.0 Å². The predicted octanol–water partition coefficient (Wildman–Crippen LogP) is 1.74. The average molecular weight is 319 g/mol. The third kappa shape index (κ3) is 3.46. The fourth-order valence-electron chi connectivity index (χ4n) is 1.32. The van der Waals surface area contributed by atoms with Gasteiger partial charge < -0.3 is 10.0 Å². The summed E-state index contributed by atoms with van der Waals surface area (Å²) in [4.78, 5) is 13.4. The normalized spacial score (nSPS) is 12.3.